The summed E-state index contributed by atoms with van der Waals surface area (Å²) in [6.45, 7) is 9.09. The number of nitrogen functional groups attached to an aromatic ring is 1. The van der Waals surface area contributed by atoms with Gasteiger partial charge in [0.1, 0.15) is 0 Å². The van der Waals surface area contributed by atoms with E-state index >= 15 is 0 Å². The van der Waals surface area contributed by atoms with E-state index in [4.69, 9.17) is 15.2 Å². The van der Waals surface area contributed by atoms with Crippen LogP contribution in [0.25, 0.3) is 0 Å². The van der Waals surface area contributed by atoms with Crippen molar-refractivity contribution in [1.29, 1.82) is 0 Å². The fourth-order valence-corrected chi connectivity index (χ4v) is 3.43. The molecule has 1 fully saturated rings. The van der Waals surface area contributed by atoms with Gasteiger partial charge >= 0.3 is 5.97 Å². The number of ether oxygens (including phenoxy) is 2. The Bertz CT molecular complexity index is 568. The smallest absolute Gasteiger partial charge is 0.306 e. The van der Waals surface area contributed by atoms with E-state index in [-0.39, 0.29) is 11.9 Å². The second-order valence-electron chi connectivity index (χ2n) is 7.39. The van der Waals surface area contributed by atoms with Gasteiger partial charge in [-0.1, -0.05) is 26.8 Å². The molecule has 2 rings (SSSR count). The van der Waals surface area contributed by atoms with Crippen molar-refractivity contribution in [2.45, 2.75) is 52.0 Å². The first-order valence-electron chi connectivity index (χ1n) is 9.23. The SMILES string of the molecule is COC(=O)C[C@@H](C)c1ccc(N(CC(C)C)C2CCOCC2)c(N)c1. The maximum atomic E-state index is 11.5. The van der Waals surface area contributed by atoms with Gasteiger partial charge in [-0.2, -0.15) is 0 Å². The van der Waals surface area contributed by atoms with Gasteiger partial charge in [-0.3, -0.25) is 4.79 Å². The van der Waals surface area contributed by atoms with E-state index in [1.165, 1.54) is 7.11 Å². The highest BCUT2D eigenvalue weighted by molar-refractivity contribution is 5.72. The van der Waals surface area contributed by atoms with Crippen LogP contribution in [0, 0.1) is 5.92 Å². The van der Waals surface area contributed by atoms with Gasteiger partial charge in [-0.15, -0.1) is 0 Å². The molecule has 5 nitrogen and oxygen atoms in total. The van der Waals surface area contributed by atoms with E-state index in [1.54, 1.807) is 0 Å². The molecule has 0 amide bonds. The second kappa shape index (κ2) is 9.09. The molecule has 1 saturated heterocycles. The van der Waals surface area contributed by atoms with Gasteiger partial charge in [0.05, 0.1) is 24.9 Å². The number of esters is 1. The lowest BCUT2D eigenvalue weighted by Gasteiger charge is -2.38. The van der Waals surface area contributed by atoms with Gasteiger partial charge in [0.15, 0.2) is 0 Å². The molecule has 140 valence electrons. The Morgan fingerprint density at radius 2 is 2.00 bits per heavy atom. The van der Waals surface area contributed by atoms with Gasteiger partial charge in [0.25, 0.3) is 0 Å². The first-order valence-corrected chi connectivity index (χ1v) is 9.23. The molecule has 1 aliphatic heterocycles. The molecule has 1 aromatic rings. The van der Waals surface area contributed by atoms with Crippen LogP contribution < -0.4 is 10.6 Å². The third-order valence-corrected chi connectivity index (χ3v) is 4.82. The van der Waals surface area contributed by atoms with Gasteiger partial charge in [0, 0.05) is 25.8 Å². The standard InChI is InChI=1S/C20H32N2O3/c1-14(2)13-22(17-7-9-25-10-8-17)19-6-5-16(12-18(19)21)15(3)11-20(23)24-4/h5-6,12,14-15,17H,7-11,13,21H2,1-4H3/t15-/m1/s1. The van der Waals surface area contributed by atoms with E-state index in [1.807, 2.05) is 13.0 Å². The average molecular weight is 348 g/mol. The van der Waals surface area contributed by atoms with Crippen molar-refractivity contribution in [1.82, 2.24) is 0 Å². The molecule has 1 atom stereocenters. The molecule has 0 unspecified atom stereocenters. The number of rotatable bonds is 7. The highest BCUT2D eigenvalue weighted by Crippen LogP contribution is 2.32. The molecule has 0 saturated carbocycles. The Morgan fingerprint density at radius 1 is 1.32 bits per heavy atom. The number of carbonyl (C=O) groups excluding carboxylic acids is 1. The van der Waals surface area contributed by atoms with E-state index in [9.17, 15) is 4.79 Å². The Hall–Kier alpha value is -1.75. The number of nitrogens with two attached hydrogens (primary N) is 1. The summed E-state index contributed by atoms with van der Waals surface area (Å²) in [6.07, 6.45) is 2.43. The quantitative estimate of drug-likeness (QED) is 0.603. The van der Waals surface area contributed by atoms with Gasteiger partial charge in [-0.05, 0) is 42.4 Å². The van der Waals surface area contributed by atoms with E-state index in [0.29, 0.717) is 18.4 Å². The Kier molecular flexibility index (Phi) is 7.12. The van der Waals surface area contributed by atoms with E-state index < -0.39 is 0 Å². The lowest BCUT2D eigenvalue weighted by atomic mass is 9.96. The largest absolute Gasteiger partial charge is 0.469 e. The van der Waals surface area contributed by atoms with Crippen molar-refractivity contribution in [2.75, 3.05) is 37.5 Å². The molecule has 1 aromatic carbocycles. The summed E-state index contributed by atoms with van der Waals surface area (Å²) in [4.78, 5) is 14.0. The number of methoxy groups -OCH3 is 1. The van der Waals surface area contributed by atoms with Crippen molar-refractivity contribution >= 4 is 17.3 Å². The lowest BCUT2D eigenvalue weighted by Crippen LogP contribution is -2.42. The summed E-state index contributed by atoms with van der Waals surface area (Å²) in [7, 11) is 1.42. The van der Waals surface area contributed by atoms with Gasteiger partial charge in [-0.25, -0.2) is 0 Å². The number of nitrogens with zero attached hydrogens (tertiary/aromatic N) is 1. The number of benzene rings is 1. The highest BCUT2D eigenvalue weighted by atomic mass is 16.5. The van der Waals surface area contributed by atoms with Crippen molar-refractivity contribution in [3.05, 3.63) is 23.8 Å². The normalized spacial score (nSPS) is 16.7. The number of hydrogen-bond donors (Lipinski definition) is 1. The van der Waals surface area contributed by atoms with Crippen molar-refractivity contribution in [3.63, 3.8) is 0 Å². The van der Waals surface area contributed by atoms with Crippen molar-refractivity contribution in [2.24, 2.45) is 5.92 Å². The molecule has 1 heterocycles. The van der Waals surface area contributed by atoms with Crippen LogP contribution in [0.5, 0.6) is 0 Å². The zero-order valence-electron chi connectivity index (χ0n) is 16.0. The van der Waals surface area contributed by atoms with Gasteiger partial charge in [0.2, 0.25) is 0 Å². The van der Waals surface area contributed by atoms with Crippen molar-refractivity contribution < 1.29 is 14.3 Å². The van der Waals surface area contributed by atoms with E-state index in [2.05, 4.69) is 30.9 Å². The third kappa shape index (κ3) is 5.36. The van der Waals surface area contributed by atoms with Gasteiger partial charge < -0.3 is 20.1 Å². The second-order valence-corrected chi connectivity index (χ2v) is 7.39. The Balaban J connectivity index is 2.21. The first-order chi connectivity index (χ1) is 11.9. The fourth-order valence-electron chi connectivity index (χ4n) is 3.43. The number of carbonyl (C=O) groups is 1. The van der Waals surface area contributed by atoms with Crippen LogP contribution in [0.2, 0.25) is 0 Å². The van der Waals surface area contributed by atoms with Crippen LogP contribution in [0.4, 0.5) is 11.4 Å². The summed E-state index contributed by atoms with van der Waals surface area (Å²) in [5.41, 5.74) is 9.36. The molecule has 25 heavy (non-hydrogen) atoms. The lowest BCUT2D eigenvalue weighted by molar-refractivity contribution is -0.140. The Labute approximate surface area is 151 Å². The molecule has 1 aliphatic rings. The van der Waals surface area contributed by atoms with Crippen molar-refractivity contribution in [3.8, 4) is 0 Å². The number of hydrogen-bond acceptors (Lipinski definition) is 5. The molecule has 0 spiro atoms. The molecular formula is C20H32N2O3. The van der Waals surface area contributed by atoms with Crippen LogP contribution in [0.1, 0.15) is 51.5 Å². The van der Waals surface area contributed by atoms with Crippen LogP contribution in [-0.2, 0) is 14.3 Å². The molecule has 2 N–H and O–H groups in total. The monoisotopic (exact) mass is 348 g/mol. The Morgan fingerprint density at radius 3 is 2.56 bits per heavy atom. The molecule has 0 aromatic heterocycles. The molecular weight excluding hydrogens is 316 g/mol. The topological polar surface area (TPSA) is 64.8 Å². The summed E-state index contributed by atoms with van der Waals surface area (Å²) in [5.74, 6) is 0.449. The average Bonchev–Trinajstić information content (AvgIpc) is 2.60. The molecule has 0 bridgehead atoms. The predicted octanol–water partition coefficient (Wildman–Crippen LogP) is 3.58. The van der Waals surface area contributed by atoms with Crippen LogP contribution >= 0.6 is 0 Å². The molecule has 0 radical (unpaired) electrons. The summed E-state index contributed by atoms with van der Waals surface area (Å²) in [5, 5.41) is 0. The minimum atomic E-state index is -0.196. The van der Waals surface area contributed by atoms with E-state index in [0.717, 1.165) is 49.5 Å². The third-order valence-electron chi connectivity index (χ3n) is 4.82. The minimum absolute atomic E-state index is 0.0884. The first kappa shape index (κ1) is 19.6. The minimum Gasteiger partial charge on any atom is -0.469 e. The highest BCUT2D eigenvalue weighted by Gasteiger charge is 2.24. The summed E-state index contributed by atoms with van der Waals surface area (Å²) < 4.78 is 10.3. The van der Waals surface area contributed by atoms with Crippen LogP contribution in [0.3, 0.4) is 0 Å². The summed E-state index contributed by atoms with van der Waals surface area (Å²) in [6, 6.07) is 6.68. The fraction of sp³-hybridized carbons (Fsp3) is 0.650. The maximum Gasteiger partial charge on any atom is 0.306 e. The van der Waals surface area contributed by atoms with Crippen LogP contribution in [0.15, 0.2) is 18.2 Å². The van der Waals surface area contributed by atoms with Crippen LogP contribution in [-0.4, -0.2) is 38.9 Å². The zero-order chi connectivity index (χ0) is 18.4. The predicted molar refractivity (Wildman–Crippen MR) is 102 cm³/mol. The molecule has 5 heteroatoms. The molecule has 0 aliphatic carbocycles. The maximum absolute atomic E-state index is 11.5. The zero-order valence-corrected chi connectivity index (χ0v) is 16.0. The number of anilines is 2. The summed E-state index contributed by atoms with van der Waals surface area (Å²) >= 11 is 0.